The highest BCUT2D eigenvalue weighted by atomic mass is 79.9. The Hall–Kier alpha value is -4.58. The first kappa shape index (κ1) is 38.7. The molecule has 2 aliphatic carbocycles. The van der Waals surface area contributed by atoms with Crippen LogP contribution in [0.15, 0.2) is 41.2 Å². The van der Waals surface area contributed by atoms with Gasteiger partial charge in [-0.2, -0.15) is 0 Å². The average molecular weight is 842 g/mol. The van der Waals surface area contributed by atoms with Gasteiger partial charge in [0.05, 0.1) is 28.7 Å². The van der Waals surface area contributed by atoms with Gasteiger partial charge in [-0.15, -0.1) is 0 Å². The minimum Gasteiger partial charge on any atom is -0.471 e. The van der Waals surface area contributed by atoms with Gasteiger partial charge in [0.25, 0.3) is 11.8 Å². The van der Waals surface area contributed by atoms with Crippen LogP contribution in [0.25, 0.3) is 11.0 Å². The summed E-state index contributed by atoms with van der Waals surface area (Å²) in [6.07, 6.45) is 9.68. The average Bonchev–Trinajstić information content (AvgIpc) is 4.01. The van der Waals surface area contributed by atoms with Gasteiger partial charge < -0.3 is 20.3 Å². The summed E-state index contributed by atoms with van der Waals surface area (Å²) in [5.74, 6) is -3.60. The number of allylic oxidation sites excluding steroid dienone is 1. The van der Waals surface area contributed by atoms with Crippen molar-refractivity contribution < 1.29 is 36.7 Å². The molecular weight excluding hydrogens is 799 g/mol. The number of halogens is 2. The lowest BCUT2D eigenvalue weighted by Crippen LogP contribution is -2.58. The van der Waals surface area contributed by atoms with E-state index >= 15 is 0 Å². The van der Waals surface area contributed by atoms with Crippen LogP contribution < -0.4 is 20.1 Å². The number of aromatic nitrogens is 4. The van der Waals surface area contributed by atoms with Gasteiger partial charge in [0, 0.05) is 29.1 Å². The van der Waals surface area contributed by atoms with Gasteiger partial charge in [-0.1, -0.05) is 25.0 Å². The van der Waals surface area contributed by atoms with E-state index in [1.807, 2.05) is 12.2 Å². The van der Waals surface area contributed by atoms with E-state index in [1.54, 1.807) is 20.8 Å². The van der Waals surface area contributed by atoms with Crippen molar-refractivity contribution in [1.82, 2.24) is 40.2 Å². The van der Waals surface area contributed by atoms with E-state index in [4.69, 9.17) is 4.74 Å². The number of carbonyl (C=O) groups excluding carboxylic acids is 4. The molecule has 15 nitrogen and oxygen atoms in total. The molecule has 7 rings (SSSR count). The van der Waals surface area contributed by atoms with Crippen LogP contribution in [0.5, 0.6) is 5.88 Å². The Balaban J connectivity index is 1.20. The number of hydrogen-bond donors (Lipinski definition) is 3. The highest BCUT2D eigenvalue weighted by Crippen LogP contribution is 2.47. The molecule has 0 radical (unpaired) electrons. The Kier molecular flexibility index (Phi) is 10.4. The highest BCUT2D eigenvalue weighted by Gasteiger charge is 2.63. The van der Waals surface area contributed by atoms with Crippen molar-refractivity contribution in [2.45, 2.75) is 107 Å². The molecule has 3 N–H and O–H groups in total. The molecule has 3 aromatic rings. The summed E-state index contributed by atoms with van der Waals surface area (Å²) in [4.78, 5) is 74.8. The predicted molar refractivity (Wildman–Crippen MR) is 200 cm³/mol. The first-order valence-electron chi connectivity index (χ1n) is 18.3. The van der Waals surface area contributed by atoms with Crippen molar-refractivity contribution in [2.24, 2.45) is 5.92 Å². The minimum atomic E-state index is -4.02. The highest BCUT2D eigenvalue weighted by molar-refractivity contribution is 9.10. The first-order chi connectivity index (χ1) is 26.1. The monoisotopic (exact) mass is 840 g/mol. The Labute approximate surface area is 325 Å². The number of amides is 4. The van der Waals surface area contributed by atoms with Gasteiger partial charge in [-0.05, 0) is 81.3 Å². The van der Waals surface area contributed by atoms with Crippen molar-refractivity contribution in [1.29, 1.82) is 0 Å². The zero-order chi connectivity index (χ0) is 39.3. The normalized spacial score (nSPS) is 27.1. The summed E-state index contributed by atoms with van der Waals surface area (Å²) in [5.41, 5.74) is 0.110. The number of rotatable bonds is 7. The SMILES string of the molecule is Cc1cnc(C(=O)NC2CCCCC/C=C\[C@@H]3C[C@@]3(C(=O)NS(=O)(=O)C3(C)CC3)NC(=O)[C@@H]3C[C@@H](Oc4nc5cc(F)cc(Br)c5nc4C)CN3C2=O)cn1. The molecule has 2 aliphatic heterocycles. The third kappa shape index (κ3) is 7.92. The zero-order valence-corrected chi connectivity index (χ0v) is 33.0. The van der Waals surface area contributed by atoms with Gasteiger partial charge in [-0.25, -0.2) is 27.8 Å². The Morgan fingerprint density at radius 2 is 1.87 bits per heavy atom. The molecule has 4 heterocycles. The fraction of sp³-hybridized carbons (Fsp3) is 0.514. The van der Waals surface area contributed by atoms with Gasteiger partial charge in [0.2, 0.25) is 27.7 Å². The summed E-state index contributed by atoms with van der Waals surface area (Å²) in [6.45, 7) is 4.87. The van der Waals surface area contributed by atoms with Crippen molar-refractivity contribution in [3.8, 4) is 5.88 Å². The topological polar surface area (TPSA) is 203 Å². The van der Waals surface area contributed by atoms with Gasteiger partial charge >= 0.3 is 0 Å². The fourth-order valence-corrected chi connectivity index (χ4v) is 8.93. The molecule has 1 aromatic carbocycles. The summed E-state index contributed by atoms with van der Waals surface area (Å²) in [7, 11) is -4.02. The van der Waals surface area contributed by atoms with Crippen molar-refractivity contribution >= 4 is 60.6 Å². The number of benzene rings is 1. The molecule has 0 bridgehead atoms. The maximum atomic E-state index is 14.6. The lowest BCUT2D eigenvalue weighted by molar-refractivity contribution is -0.141. The molecule has 0 spiro atoms. The molecule has 292 valence electrons. The molecule has 5 atom stereocenters. The first-order valence-corrected chi connectivity index (χ1v) is 20.6. The second-order valence-electron chi connectivity index (χ2n) is 15.1. The molecule has 2 saturated carbocycles. The van der Waals surface area contributed by atoms with Crippen molar-refractivity contribution in [3.05, 3.63) is 64.1 Å². The van der Waals surface area contributed by atoms with E-state index in [9.17, 15) is 32.0 Å². The Morgan fingerprint density at radius 3 is 2.60 bits per heavy atom. The van der Waals surface area contributed by atoms with Crippen LogP contribution in [-0.4, -0.2) is 91.9 Å². The molecule has 3 fully saturated rings. The van der Waals surface area contributed by atoms with E-state index in [0.717, 1.165) is 12.8 Å². The molecule has 1 unspecified atom stereocenters. The lowest BCUT2D eigenvalue weighted by Gasteiger charge is -2.30. The third-order valence-electron chi connectivity index (χ3n) is 10.9. The molecule has 55 heavy (non-hydrogen) atoms. The van der Waals surface area contributed by atoms with E-state index < -0.39 is 73.9 Å². The number of carbonyl (C=O) groups is 4. The second kappa shape index (κ2) is 14.8. The summed E-state index contributed by atoms with van der Waals surface area (Å²) in [6, 6.07) is 0.256. The van der Waals surface area contributed by atoms with Gasteiger partial charge in [0.15, 0.2) is 0 Å². The van der Waals surface area contributed by atoms with Crippen molar-refractivity contribution in [2.75, 3.05) is 6.54 Å². The Bertz CT molecular complexity index is 2200. The predicted octanol–water partition coefficient (Wildman–Crippen LogP) is 3.48. The van der Waals surface area contributed by atoms with E-state index in [-0.39, 0.29) is 42.9 Å². The molecular formula is C37H42BrFN8O7S. The summed E-state index contributed by atoms with van der Waals surface area (Å²) < 4.78 is 48.4. The van der Waals surface area contributed by atoms with Crippen LogP contribution in [0.3, 0.4) is 0 Å². The number of nitrogens with one attached hydrogen (secondary N) is 3. The summed E-state index contributed by atoms with van der Waals surface area (Å²) >= 11 is 3.32. The molecule has 1 saturated heterocycles. The zero-order valence-electron chi connectivity index (χ0n) is 30.6. The van der Waals surface area contributed by atoms with Crippen LogP contribution in [0, 0.1) is 25.6 Å². The maximum absolute atomic E-state index is 14.6. The number of fused-ring (bicyclic) bond motifs is 3. The molecule has 4 aliphatic rings. The fourth-order valence-electron chi connectivity index (χ4n) is 7.11. The number of aryl methyl sites for hydroxylation is 2. The number of hydrogen-bond acceptors (Lipinski definition) is 11. The van der Waals surface area contributed by atoms with Crippen LogP contribution in [0.1, 0.15) is 86.6 Å². The van der Waals surface area contributed by atoms with E-state index in [2.05, 4.69) is 51.2 Å². The minimum absolute atomic E-state index is 0.0209. The quantitative estimate of drug-likeness (QED) is 0.294. The second-order valence-corrected chi connectivity index (χ2v) is 18.2. The third-order valence-corrected chi connectivity index (χ3v) is 13.7. The van der Waals surface area contributed by atoms with Gasteiger partial charge in [0.1, 0.15) is 46.4 Å². The number of ether oxygens (including phenoxy) is 1. The molecule has 2 aromatic heterocycles. The van der Waals surface area contributed by atoms with Crippen molar-refractivity contribution in [3.63, 3.8) is 0 Å². The number of nitrogens with zero attached hydrogens (tertiary/aromatic N) is 5. The van der Waals surface area contributed by atoms with Crippen LogP contribution in [-0.2, 0) is 24.4 Å². The molecule has 18 heteroatoms. The smallest absolute Gasteiger partial charge is 0.272 e. The van der Waals surface area contributed by atoms with Gasteiger partial charge in [-0.3, -0.25) is 28.9 Å². The maximum Gasteiger partial charge on any atom is 0.272 e. The largest absolute Gasteiger partial charge is 0.471 e. The summed E-state index contributed by atoms with van der Waals surface area (Å²) in [5, 5.41) is 5.65. The standard InChI is InChI=1S/C37H42BrFN8O7S/c1-20-17-41-28(18-40-20)31(48)43-26-10-8-6-4-5-7-9-22-16-37(22,35(51)46-55(52,53)36(3)11-12-36)45-32(49)29-15-24(19-47(29)34(26)50)54-33-21(2)42-30-25(38)13-23(39)14-27(30)44-33/h7,9,13-14,17-18,22,24,26,29H,4-6,8,10-12,15-16,19H2,1-3H3,(H,43,48)(H,45,49)(H,46,51)/b9-7-/t22-,24-,26?,29+,37-/m1/s1. The Morgan fingerprint density at radius 1 is 1.09 bits per heavy atom. The van der Waals surface area contributed by atoms with Crippen LogP contribution in [0.2, 0.25) is 0 Å². The van der Waals surface area contributed by atoms with Crippen LogP contribution in [0.4, 0.5) is 4.39 Å². The van der Waals surface area contributed by atoms with Crippen LogP contribution >= 0.6 is 15.9 Å². The van der Waals surface area contributed by atoms with E-state index in [0.29, 0.717) is 47.1 Å². The number of sulfonamides is 1. The molecule has 4 amide bonds. The van der Waals surface area contributed by atoms with E-state index in [1.165, 1.54) is 29.4 Å². The lowest BCUT2D eigenvalue weighted by atomic mass is 10.0.